The highest BCUT2D eigenvalue weighted by atomic mass is 19.3. The van der Waals surface area contributed by atoms with Crippen LogP contribution in [0.5, 0.6) is 5.75 Å². The molecule has 0 aromatic heterocycles. The maximum atomic E-state index is 12.5. The van der Waals surface area contributed by atoms with Gasteiger partial charge in [-0.1, -0.05) is 12.1 Å². The van der Waals surface area contributed by atoms with Crippen molar-refractivity contribution in [3.63, 3.8) is 0 Å². The van der Waals surface area contributed by atoms with Crippen molar-refractivity contribution < 1.29 is 23.0 Å². The van der Waals surface area contributed by atoms with Crippen molar-refractivity contribution in [3.05, 3.63) is 24.3 Å². The van der Waals surface area contributed by atoms with E-state index < -0.39 is 12.7 Å². The van der Waals surface area contributed by atoms with Crippen LogP contribution in [0.15, 0.2) is 24.3 Å². The monoisotopic (exact) mass is 329 g/mol. The number of carbonyl (C=O) groups is 1. The van der Waals surface area contributed by atoms with Crippen LogP contribution in [0.4, 0.5) is 14.5 Å². The molecule has 0 radical (unpaired) electrons. The summed E-state index contributed by atoms with van der Waals surface area (Å²) in [6.07, 6.45) is 0.703. The van der Waals surface area contributed by atoms with Gasteiger partial charge in [0.25, 0.3) is 0 Å². The zero-order valence-electron chi connectivity index (χ0n) is 12.9. The molecule has 2 atom stereocenters. The number of nitrogens with zero attached hydrogens (tertiary/aromatic N) is 1. The highest BCUT2D eigenvalue weighted by Crippen LogP contribution is 2.31. The number of nitrogens with two attached hydrogens (primary N) is 1. The molecule has 1 heterocycles. The predicted octanol–water partition coefficient (Wildman–Crippen LogP) is 0.957. The van der Waals surface area contributed by atoms with Gasteiger partial charge in [0.15, 0.2) is 0 Å². The van der Waals surface area contributed by atoms with E-state index in [1.54, 1.807) is 18.2 Å². The highest BCUT2D eigenvalue weighted by molar-refractivity contribution is 5.82. The van der Waals surface area contributed by atoms with Crippen molar-refractivity contribution in [2.75, 3.05) is 31.7 Å². The van der Waals surface area contributed by atoms with Gasteiger partial charge in [0.1, 0.15) is 11.8 Å². The van der Waals surface area contributed by atoms with Gasteiger partial charge in [-0.15, -0.1) is 0 Å². The number of rotatable bonds is 7. The van der Waals surface area contributed by atoms with E-state index in [2.05, 4.69) is 10.1 Å². The number of nitrogens with one attached hydrogen (secondary N) is 1. The number of methoxy groups -OCH3 is 1. The fourth-order valence-corrected chi connectivity index (χ4v) is 2.57. The van der Waals surface area contributed by atoms with Gasteiger partial charge in [-0.05, 0) is 18.6 Å². The molecular formula is C15H21F2N3O3. The first-order valence-electron chi connectivity index (χ1n) is 7.35. The number of carbonyl (C=O) groups excluding carboxylic acids is 1. The molecule has 2 rings (SSSR count). The number of hydrogen-bond acceptors (Lipinski definition) is 5. The summed E-state index contributed by atoms with van der Waals surface area (Å²) in [6.45, 7) is -1.59. The Hall–Kier alpha value is -1.93. The Labute approximate surface area is 133 Å². The molecule has 1 aromatic carbocycles. The van der Waals surface area contributed by atoms with Gasteiger partial charge in [-0.3, -0.25) is 4.79 Å². The zero-order valence-corrected chi connectivity index (χ0v) is 12.9. The Morgan fingerprint density at radius 1 is 1.48 bits per heavy atom. The summed E-state index contributed by atoms with van der Waals surface area (Å²) < 4.78 is 34.3. The molecular weight excluding hydrogens is 308 g/mol. The summed E-state index contributed by atoms with van der Waals surface area (Å²) in [6, 6.07) is 5.81. The summed E-state index contributed by atoms with van der Waals surface area (Å²) in [4.78, 5) is 13.8. The largest absolute Gasteiger partial charge is 0.433 e. The number of amides is 1. The molecule has 1 aliphatic heterocycles. The van der Waals surface area contributed by atoms with Crippen LogP contribution in [-0.2, 0) is 9.53 Å². The molecule has 1 aliphatic rings. The van der Waals surface area contributed by atoms with Gasteiger partial charge in [0, 0.05) is 26.2 Å². The average molecular weight is 329 g/mol. The highest BCUT2D eigenvalue weighted by Gasteiger charge is 2.27. The van der Waals surface area contributed by atoms with Crippen LogP contribution in [0.3, 0.4) is 0 Å². The SMILES string of the molecule is COCC(N)C(=O)NC1CCN(c2ccccc2OC(F)F)C1. The number of ether oxygens (including phenoxy) is 2. The topological polar surface area (TPSA) is 76.8 Å². The second-order valence-electron chi connectivity index (χ2n) is 5.35. The molecule has 1 aromatic rings. The van der Waals surface area contributed by atoms with E-state index >= 15 is 0 Å². The molecule has 1 amide bonds. The van der Waals surface area contributed by atoms with E-state index in [4.69, 9.17) is 10.5 Å². The van der Waals surface area contributed by atoms with Crippen LogP contribution in [0, 0.1) is 0 Å². The number of para-hydroxylation sites is 2. The quantitative estimate of drug-likeness (QED) is 0.779. The second-order valence-corrected chi connectivity index (χ2v) is 5.35. The maximum Gasteiger partial charge on any atom is 0.387 e. The van der Waals surface area contributed by atoms with Crippen molar-refractivity contribution in [1.82, 2.24) is 5.32 Å². The fraction of sp³-hybridized carbons (Fsp3) is 0.533. The van der Waals surface area contributed by atoms with Crippen LogP contribution in [0.1, 0.15) is 6.42 Å². The lowest BCUT2D eigenvalue weighted by atomic mass is 10.2. The van der Waals surface area contributed by atoms with E-state index in [0.29, 0.717) is 25.2 Å². The predicted molar refractivity (Wildman–Crippen MR) is 81.7 cm³/mol. The molecule has 0 saturated carbocycles. The smallest absolute Gasteiger partial charge is 0.387 e. The van der Waals surface area contributed by atoms with Crippen molar-refractivity contribution in [2.45, 2.75) is 25.1 Å². The van der Waals surface area contributed by atoms with Crippen molar-refractivity contribution in [1.29, 1.82) is 0 Å². The summed E-state index contributed by atoms with van der Waals surface area (Å²) in [5.41, 5.74) is 6.27. The van der Waals surface area contributed by atoms with Crippen LogP contribution in [0.25, 0.3) is 0 Å². The van der Waals surface area contributed by atoms with Crippen LogP contribution in [-0.4, -0.2) is 51.4 Å². The lowest BCUT2D eigenvalue weighted by Gasteiger charge is -2.22. The van der Waals surface area contributed by atoms with Gasteiger partial charge in [0.05, 0.1) is 12.3 Å². The molecule has 2 unspecified atom stereocenters. The minimum Gasteiger partial charge on any atom is -0.433 e. The Morgan fingerprint density at radius 3 is 2.91 bits per heavy atom. The summed E-state index contributed by atoms with van der Waals surface area (Å²) in [7, 11) is 1.48. The zero-order chi connectivity index (χ0) is 16.8. The van der Waals surface area contributed by atoms with Gasteiger partial charge < -0.3 is 25.4 Å². The Kier molecular flexibility index (Phi) is 6.12. The third kappa shape index (κ3) is 4.77. The summed E-state index contributed by atoms with van der Waals surface area (Å²) >= 11 is 0. The first-order valence-corrected chi connectivity index (χ1v) is 7.35. The maximum absolute atomic E-state index is 12.5. The molecule has 0 spiro atoms. The van der Waals surface area contributed by atoms with Crippen molar-refractivity contribution in [2.24, 2.45) is 5.73 Å². The minimum absolute atomic E-state index is 0.0926. The minimum atomic E-state index is -2.87. The van der Waals surface area contributed by atoms with E-state index in [1.807, 2.05) is 4.90 Å². The Balaban J connectivity index is 1.96. The molecule has 1 fully saturated rings. The average Bonchev–Trinajstić information content (AvgIpc) is 2.95. The first-order chi connectivity index (χ1) is 11.0. The molecule has 0 aliphatic carbocycles. The van der Waals surface area contributed by atoms with Gasteiger partial charge in [-0.25, -0.2) is 0 Å². The van der Waals surface area contributed by atoms with E-state index in [9.17, 15) is 13.6 Å². The molecule has 128 valence electrons. The molecule has 1 saturated heterocycles. The van der Waals surface area contributed by atoms with Crippen molar-refractivity contribution >= 4 is 11.6 Å². The van der Waals surface area contributed by atoms with Gasteiger partial charge in [-0.2, -0.15) is 8.78 Å². The van der Waals surface area contributed by atoms with Crippen LogP contribution < -0.4 is 20.7 Å². The molecule has 3 N–H and O–H groups in total. The Bertz CT molecular complexity index is 530. The van der Waals surface area contributed by atoms with Crippen molar-refractivity contribution in [3.8, 4) is 5.75 Å². The number of hydrogen-bond donors (Lipinski definition) is 2. The number of alkyl halides is 2. The lowest BCUT2D eigenvalue weighted by molar-refractivity contribution is -0.124. The molecule has 8 heteroatoms. The summed E-state index contributed by atoms with van der Waals surface area (Å²) in [5, 5.41) is 2.85. The van der Waals surface area contributed by atoms with E-state index in [-0.39, 0.29) is 24.3 Å². The normalized spacial score (nSPS) is 19.0. The van der Waals surface area contributed by atoms with Gasteiger partial charge >= 0.3 is 6.61 Å². The molecule has 23 heavy (non-hydrogen) atoms. The van der Waals surface area contributed by atoms with E-state index in [0.717, 1.165) is 0 Å². The standard InChI is InChI=1S/C15H21F2N3O3/c1-22-9-11(18)14(21)19-10-6-7-20(8-10)12-4-2-3-5-13(12)23-15(16)17/h2-5,10-11,15H,6-9,18H2,1H3,(H,19,21). The third-order valence-corrected chi connectivity index (χ3v) is 3.64. The number of anilines is 1. The number of benzene rings is 1. The van der Waals surface area contributed by atoms with Crippen LogP contribution >= 0.6 is 0 Å². The second kappa shape index (κ2) is 8.07. The van der Waals surface area contributed by atoms with Crippen LogP contribution in [0.2, 0.25) is 0 Å². The lowest BCUT2D eigenvalue weighted by Crippen LogP contribution is -2.48. The van der Waals surface area contributed by atoms with E-state index in [1.165, 1.54) is 13.2 Å². The Morgan fingerprint density at radius 2 is 2.22 bits per heavy atom. The van der Waals surface area contributed by atoms with Gasteiger partial charge in [0.2, 0.25) is 5.91 Å². The molecule has 0 bridgehead atoms. The third-order valence-electron chi connectivity index (χ3n) is 3.64. The first kappa shape index (κ1) is 17.4. The number of halogens is 2. The molecule has 6 nitrogen and oxygen atoms in total. The fourth-order valence-electron chi connectivity index (χ4n) is 2.57. The summed E-state index contributed by atoms with van der Waals surface area (Å²) in [5.74, 6) is -0.152.